The molecule has 0 aliphatic rings. The Hall–Kier alpha value is -2.79. The van der Waals surface area contributed by atoms with Crippen LogP contribution in [0.25, 0.3) is 0 Å². The molecule has 3 aromatic rings. The van der Waals surface area contributed by atoms with Gasteiger partial charge in [-0.25, -0.2) is 4.98 Å². The normalized spacial score (nSPS) is 10.3. The molecule has 128 valence electrons. The molecule has 0 amide bonds. The lowest BCUT2D eigenvalue weighted by molar-refractivity contribution is 0.415. The number of benzene rings is 2. The van der Waals surface area contributed by atoms with Crippen LogP contribution in [0.5, 0.6) is 5.75 Å². The predicted molar refractivity (Wildman–Crippen MR) is 102 cm³/mol. The van der Waals surface area contributed by atoms with E-state index in [1.54, 1.807) is 13.3 Å². The fourth-order valence-corrected chi connectivity index (χ4v) is 2.56. The first kappa shape index (κ1) is 17.0. The Bertz CT molecular complexity index is 824. The lowest BCUT2D eigenvalue weighted by Crippen LogP contribution is -2.07. The molecule has 2 aromatic carbocycles. The highest BCUT2D eigenvalue weighted by Crippen LogP contribution is 2.18. The highest BCUT2D eigenvalue weighted by molar-refractivity contribution is 6.30. The number of rotatable bonds is 7. The Morgan fingerprint density at radius 3 is 2.68 bits per heavy atom. The summed E-state index contributed by atoms with van der Waals surface area (Å²) in [5.74, 6) is 2.12. The third-order valence-corrected chi connectivity index (χ3v) is 3.85. The van der Waals surface area contributed by atoms with Gasteiger partial charge < -0.3 is 15.4 Å². The van der Waals surface area contributed by atoms with E-state index in [1.807, 2.05) is 48.5 Å². The van der Waals surface area contributed by atoms with Crippen LogP contribution in [0.4, 0.5) is 17.5 Å². The molecular weight excluding hydrogens is 336 g/mol. The number of hydrogen-bond acceptors (Lipinski definition) is 5. The van der Waals surface area contributed by atoms with Gasteiger partial charge >= 0.3 is 0 Å². The topological polar surface area (TPSA) is 59.1 Å². The van der Waals surface area contributed by atoms with E-state index in [2.05, 4.69) is 26.7 Å². The molecule has 0 aliphatic heterocycles. The third kappa shape index (κ3) is 5.09. The van der Waals surface area contributed by atoms with E-state index in [0.717, 1.165) is 35.2 Å². The maximum Gasteiger partial charge on any atom is 0.229 e. The smallest absolute Gasteiger partial charge is 0.229 e. The maximum atomic E-state index is 6.00. The van der Waals surface area contributed by atoms with Gasteiger partial charge in [-0.05, 0) is 54.4 Å². The van der Waals surface area contributed by atoms with Crippen LogP contribution < -0.4 is 15.4 Å². The number of anilines is 3. The second kappa shape index (κ2) is 8.35. The maximum absolute atomic E-state index is 6.00. The first-order valence-electron chi connectivity index (χ1n) is 7.95. The van der Waals surface area contributed by atoms with Crippen molar-refractivity contribution < 1.29 is 4.74 Å². The molecule has 0 saturated carbocycles. The molecule has 1 aromatic heterocycles. The zero-order chi connectivity index (χ0) is 17.5. The molecular formula is C19H19ClN4O. The van der Waals surface area contributed by atoms with Gasteiger partial charge in [0.2, 0.25) is 5.95 Å². The number of hydrogen-bond donors (Lipinski definition) is 2. The standard InChI is InChI=1S/C19H19ClN4O/c1-25-17-7-5-16(6-8-17)23-19-22-12-10-18(24-19)21-11-9-14-3-2-4-15(20)13-14/h2-8,10,12-13H,9,11H2,1H3,(H2,21,22,23,24). The average molecular weight is 355 g/mol. The van der Waals surface area contributed by atoms with E-state index in [-0.39, 0.29) is 0 Å². The molecule has 3 rings (SSSR count). The number of halogens is 1. The molecule has 0 spiro atoms. The summed E-state index contributed by atoms with van der Waals surface area (Å²) in [6.07, 6.45) is 2.59. The second-order valence-corrected chi connectivity index (χ2v) is 5.86. The van der Waals surface area contributed by atoms with Gasteiger partial charge in [0.15, 0.2) is 0 Å². The summed E-state index contributed by atoms with van der Waals surface area (Å²) in [5.41, 5.74) is 2.09. The van der Waals surface area contributed by atoms with Crippen molar-refractivity contribution in [1.82, 2.24) is 9.97 Å². The van der Waals surface area contributed by atoms with Gasteiger partial charge in [0, 0.05) is 23.5 Å². The number of nitrogens with zero attached hydrogens (tertiary/aromatic N) is 2. The molecule has 0 saturated heterocycles. The number of ether oxygens (including phenoxy) is 1. The Labute approximate surface area is 152 Å². The van der Waals surface area contributed by atoms with Crippen LogP contribution in [0.1, 0.15) is 5.56 Å². The van der Waals surface area contributed by atoms with Crippen LogP contribution in [0.2, 0.25) is 5.02 Å². The minimum absolute atomic E-state index is 0.540. The van der Waals surface area contributed by atoms with E-state index < -0.39 is 0 Å². The van der Waals surface area contributed by atoms with Gasteiger partial charge in [-0.1, -0.05) is 23.7 Å². The van der Waals surface area contributed by atoms with Crippen molar-refractivity contribution in [2.24, 2.45) is 0 Å². The van der Waals surface area contributed by atoms with Crippen molar-refractivity contribution >= 4 is 29.1 Å². The third-order valence-electron chi connectivity index (χ3n) is 3.61. The van der Waals surface area contributed by atoms with Gasteiger partial charge in [-0.2, -0.15) is 4.98 Å². The monoisotopic (exact) mass is 354 g/mol. The molecule has 0 bridgehead atoms. The number of nitrogens with one attached hydrogen (secondary N) is 2. The Kier molecular flexibility index (Phi) is 5.69. The van der Waals surface area contributed by atoms with Crippen LogP contribution in [-0.4, -0.2) is 23.6 Å². The van der Waals surface area contributed by atoms with Gasteiger partial charge in [-0.15, -0.1) is 0 Å². The zero-order valence-electron chi connectivity index (χ0n) is 13.9. The van der Waals surface area contributed by atoms with E-state index >= 15 is 0 Å². The molecule has 1 heterocycles. The summed E-state index contributed by atoms with van der Waals surface area (Å²) in [7, 11) is 1.64. The zero-order valence-corrected chi connectivity index (χ0v) is 14.6. The number of methoxy groups -OCH3 is 1. The minimum Gasteiger partial charge on any atom is -0.497 e. The summed E-state index contributed by atoms with van der Waals surface area (Å²) in [6, 6.07) is 17.3. The summed E-state index contributed by atoms with van der Waals surface area (Å²) >= 11 is 6.00. The summed E-state index contributed by atoms with van der Waals surface area (Å²) < 4.78 is 5.15. The molecule has 25 heavy (non-hydrogen) atoms. The Morgan fingerprint density at radius 2 is 1.92 bits per heavy atom. The molecule has 2 N–H and O–H groups in total. The molecule has 5 nitrogen and oxygen atoms in total. The van der Waals surface area contributed by atoms with Crippen molar-refractivity contribution in [3.05, 3.63) is 71.4 Å². The highest BCUT2D eigenvalue weighted by atomic mass is 35.5. The van der Waals surface area contributed by atoms with Gasteiger partial charge in [0.05, 0.1) is 7.11 Å². The fourth-order valence-electron chi connectivity index (χ4n) is 2.35. The van der Waals surface area contributed by atoms with E-state index in [4.69, 9.17) is 16.3 Å². The Morgan fingerprint density at radius 1 is 1.08 bits per heavy atom. The van der Waals surface area contributed by atoms with Gasteiger partial charge in [-0.3, -0.25) is 0 Å². The Balaban J connectivity index is 1.57. The molecule has 0 atom stereocenters. The van der Waals surface area contributed by atoms with Gasteiger partial charge in [0.1, 0.15) is 11.6 Å². The second-order valence-electron chi connectivity index (χ2n) is 5.43. The van der Waals surface area contributed by atoms with Crippen molar-refractivity contribution in [1.29, 1.82) is 0 Å². The lowest BCUT2D eigenvalue weighted by Gasteiger charge is -2.09. The molecule has 0 radical (unpaired) electrons. The summed E-state index contributed by atoms with van der Waals surface area (Å²) in [6.45, 7) is 0.763. The van der Waals surface area contributed by atoms with Gasteiger partial charge in [0.25, 0.3) is 0 Å². The van der Waals surface area contributed by atoms with Crippen LogP contribution in [0, 0.1) is 0 Å². The first-order valence-corrected chi connectivity index (χ1v) is 8.33. The number of aromatic nitrogens is 2. The quantitative estimate of drug-likeness (QED) is 0.652. The van der Waals surface area contributed by atoms with E-state index in [0.29, 0.717) is 5.95 Å². The molecule has 0 aliphatic carbocycles. The molecule has 0 unspecified atom stereocenters. The molecule has 0 fully saturated rings. The van der Waals surface area contributed by atoms with Crippen LogP contribution in [0.15, 0.2) is 60.8 Å². The van der Waals surface area contributed by atoms with Crippen LogP contribution >= 0.6 is 11.6 Å². The SMILES string of the molecule is COc1ccc(Nc2nccc(NCCc3cccc(Cl)c3)n2)cc1. The van der Waals surface area contributed by atoms with Crippen molar-refractivity contribution in [3.63, 3.8) is 0 Å². The molecule has 6 heteroatoms. The fraction of sp³-hybridized carbons (Fsp3) is 0.158. The lowest BCUT2D eigenvalue weighted by atomic mass is 10.1. The highest BCUT2D eigenvalue weighted by Gasteiger charge is 2.01. The minimum atomic E-state index is 0.540. The van der Waals surface area contributed by atoms with Crippen molar-refractivity contribution in [2.45, 2.75) is 6.42 Å². The summed E-state index contributed by atoms with van der Waals surface area (Å²) in [5, 5.41) is 7.23. The summed E-state index contributed by atoms with van der Waals surface area (Å²) in [4.78, 5) is 8.71. The average Bonchev–Trinajstić information content (AvgIpc) is 2.63. The van der Waals surface area contributed by atoms with Crippen molar-refractivity contribution in [3.8, 4) is 5.75 Å². The van der Waals surface area contributed by atoms with Crippen LogP contribution in [0.3, 0.4) is 0 Å². The first-order chi connectivity index (χ1) is 12.2. The largest absolute Gasteiger partial charge is 0.497 e. The van der Waals surface area contributed by atoms with Crippen LogP contribution in [-0.2, 0) is 6.42 Å². The van der Waals surface area contributed by atoms with E-state index in [9.17, 15) is 0 Å². The predicted octanol–water partition coefficient (Wildman–Crippen LogP) is 4.54. The van der Waals surface area contributed by atoms with Crippen molar-refractivity contribution in [2.75, 3.05) is 24.3 Å². The van der Waals surface area contributed by atoms with E-state index in [1.165, 1.54) is 5.56 Å².